The number of halogens is 2. The molecule has 0 amide bonds. The number of nitrogens with one attached hydrogen (secondary N) is 1. The van der Waals surface area contributed by atoms with Gasteiger partial charge in [0.15, 0.2) is 0 Å². The van der Waals surface area contributed by atoms with Gasteiger partial charge in [0.25, 0.3) is 0 Å². The van der Waals surface area contributed by atoms with Gasteiger partial charge in [0.05, 0.1) is 6.61 Å². The second-order valence-electron chi connectivity index (χ2n) is 4.23. The third-order valence-corrected chi connectivity index (χ3v) is 3.81. The second-order valence-corrected chi connectivity index (χ2v) is 5.96. The Labute approximate surface area is 127 Å². The van der Waals surface area contributed by atoms with Gasteiger partial charge in [0.2, 0.25) is 0 Å². The van der Waals surface area contributed by atoms with Crippen LogP contribution in [0.4, 0.5) is 5.82 Å². The van der Waals surface area contributed by atoms with E-state index < -0.39 is 0 Å². The Hall–Kier alpha value is -1.14. The monoisotopic (exact) mass is 383 g/mol. The minimum absolute atomic E-state index is 0.672. The average molecular weight is 385 g/mol. The summed E-state index contributed by atoms with van der Waals surface area (Å²) in [7, 11) is 0. The van der Waals surface area contributed by atoms with Gasteiger partial charge < -0.3 is 10.1 Å². The Morgan fingerprint density at radius 1 is 1.21 bits per heavy atom. The lowest BCUT2D eigenvalue weighted by atomic mass is 10.1. The maximum Gasteiger partial charge on any atom is 0.130 e. The first-order chi connectivity index (χ1) is 9.22. The molecule has 2 aromatic rings. The molecule has 1 aromatic carbocycles. The summed E-state index contributed by atoms with van der Waals surface area (Å²) in [6, 6.07) is 6.04. The molecule has 2 heterocycles. The Bertz CT molecular complexity index is 619. The van der Waals surface area contributed by atoms with E-state index in [2.05, 4.69) is 59.3 Å². The molecule has 0 unspecified atom stereocenters. The van der Waals surface area contributed by atoms with Crippen LogP contribution < -0.4 is 10.1 Å². The molecule has 0 radical (unpaired) electrons. The van der Waals surface area contributed by atoms with Crippen molar-refractivity contribution < 1.29 is 4.74 Å². The van der Waals surface area contributed by atoms with Crippen LogP contribution in [0.5, 0.6) is 5.75 Å². The van der Waals surface area contributed by atoms with Crippen molar-refractivity contribution in [2.45, 2.75) is 13.0 Å². The van der Waals surface area contributed by atoms with Crippen LogP contribution in [0.3, 0.4) is 0 Å². The van der Waals surface area contributed by atoms with Crippen LogP contribution >= 0.6 is 31.9 Å². The normalized spacial score (nSPS) is 12.9. The van der Waals surface area contributed by atoms with Crippen LogP contribution in [-0.2, 0) is 13.0 Å². The van der Waals surface area contributed by atoms with E-state index in [4.69, 9.17) is 4.74 Å². The molecule has 98 valence electrons. The molecule has 1 aliphatic heterocycles. The van der Waals surface area contributed by atoms with Crippen molar-refractivity contribution in [2.75, 3.05) is 11.9 Å². The van der Waals surface area contributed by atoms with E-state index in [0.717, 1.165) is 39.2 Å². The molecule has 0 spiro atoms. The van der Waals surface area contributed by atoms with Crippen molar-refractivity contribution >= 4 is 37.7 Å². The van der Waals surface area contributed by atoms with Crippen LogP contribution in [0.1, 0.15) is 11.1 Å². The number of aromatic nitrogens is 2. The molecule has 0 aliphatic carbocycles. The highest BCUT2D eigenvalue weighted by atomic mass is 79.9. The molecule has 0 saturated carbocycles. The fraction of sp³-hybridized carbons (Fsp3) is 0.231. The van der Waals surface area contributed by atoms with E-state index in [0.29, 0.717) is 6.54 Å². The summed E-state index contributed by atoms with van der Waals surface area (Å²) in [5.41, 5.74) is 2.40. The summed E-state index contributed by atoms with van der Waals surface area (Å²) in [6.07, 6.45) is 2.50. The first-order valence-electron chi connectivity index (χ1n) is 5.88. The summed E-state index contributed by atoms with van der Waals surface area (Å²) >= 11 is 6.86. The molecule has 3 rings (SSSR count). The van der Waals surface area contributed by atoms with Gasteiger partial charge in [0.1, 0.15) is 22.5 Å². The Morgan fingerprint density at radius 2 is 2.11 bits per heavy atom. The first kappa shape index (κ1) is 12.9. The zero-order chi connectivity index (χ0) is 13.2. The number of ether oxygens (including phenoxy) is 1. The SMILES string of the molecule is Brc1cc2c(c(CNc3cc(Br)ncn3)c1)OCC2. The number of hydrogen-bond acceptors (Lipinski definition) is 4. The van der Waals surface area contributed by atoms with E-state index in [-0.39, 0.29) is 0 Å². The molecular formula is C13H11Br2N3O. The molecule has 0 bridgehead atoms. The zero-order valence-corrected chi connectivity index (χ0v) is 13.2. The van der Waals surface area contributed by atoms with E-state index in [9.17, 15) is 0 Å². The predicted molar refractivity (Wildman–Crippen MR) is 80.4 cm³/mol. The molecule has 19 heavy (non-hydrogen) atoms. The van der Waals surface area contributed by atoms with E-state index >= 15 is 0 Å². The standard InChI is InChI=1S/C13H11Br2N3O/c14-10-3-8-1-2-19-13(8)9(4-10)6-16-12-5-11(15)17-7-18-12/h3-5,7H,1-2,6H2,(H,16,17,18). The van der Waals surface area contributed by atoms with Gasteiger partial charge in [-0.15, -0.1) is 0 Å². The summed E-state index contributed by atoms with van der Waals surface area (Å²) in [5, 5.41) is 3.28. The molecular weight excluding hydrogens is 374 g/mol. The van der Waals surface area contributed by atoms with Crippen LogP contribution in [0.25, 0.3) is 0 Å². The van der Waals surface area contributed by atoms with Gasteiger partial charge in [-0.05, 0) is 33.6 Å². The highest BCUT2D eigenvalue weighted by Gasteiger charge is 2.17. The Morgan fingerprint density at radius 3 is 2.95 bits per heavy atom. The minimum atomic E-state index is 0.672. The molecule has 0 fully saturated rings. The van der Waals surface area contributed by atoms with E-state index in [1.54, 1.807) is 0 Å². The van der Waals surface area contributed by atoms with Gasteiger partial charge in [-0.3, -0.25) is 0 Å². The topological polar surface area (TPSA) is 47.0 Å². The van der Waals surface area contributed by atoms with Crippen molar-refractivity contribution in [3.05, 3.63) is 44.7 Å². The van der Waals surface area contributed by atoms with Crippen molar-refractivity contribution in [1.82, 2.24) is 9.97 Å². The largest absolute Gasteiger partial charge is 0.493 e. The van der Waals surface area contributed by atoms with Gasteiger partial charge in [-0.1, -0.05) is 15.9 Å². The summed E-state index contributed by atoms with van der Waals surface area (Å²) < 4.78 is 7.54. The maximum atomic E-state index is 5.69. The number of benzene rings is 1. The summed E-state index contributed by atoms with van der Waals surface area (Å²) in [6.45, 7) is 1.43. The molecule has 1 aromatic heterocycles. The third-order valence-electron chi connectivity index (χ3n) is 2.92. The lowest BCUT2D eigenvalue weighted by molar-refractivity contribution is 0.354. The zero-order valence-electron chi connectivity index (χ0n) is 9.99. The summed E-state index contributed by atoms with van der Waals surface area (Å²) in [4.78, 5) is 8.17. The molecule has 0 atom stereocenters. The van der Waals surface area contributed by atoms with Crippen LogP contribution in [0.2, 0.25) is 0 Å². The van der Waals surface area contributed by atoms with Crippen molar-refractivity contribution in [2.24, 2.45) is 0 Å². The van der Waals surface area contributed by atoms with E-state index in [1.807, 2.05) is 6.07 Å². The van der Waals surface area contributed by atoms with Gasteiger partial charge in [-0.25, -0.2) is 9.97 Å². The predicted octanol–water partition coefficient (Wildman–Crippen LogP) is 3.55. The number of hydrogen-bond donors (Lipinski definition) is 1. The Balaban J connectivity index is 1.81. The second kappa shape index (κ2) is 5.46. The average Bonchev–Trinajstić information content (AvgIpc) is 2.84. The van der Waals surface area contributed by atoms with Crippen LogP contribution in [0.15, 0.2) is 33.6 Å². The Kier molecular flexibility index (Phi) is 3.70. The van der Waals surface area contributed by atoms with Crippen molar-refractivity contribution in [1.29, 1.82) is 0 Å². The number of fused-ring (bicyclic) bond motifs is 1. The molecule has 4 nitrogen and oxygen atoms in total. The number of anilines is 1. The lowest BCUT2D eigenvalue weighted by Crippen LogP contribution is -2.03. The van der Waals surface area contributed by atoms with Gasteiger partial charge in [-0.2, -0.15) is 0 Å². The number of nitrogens with zero attached hydrogens (tertiary/aromatic N) is 2. The fourth-order valence-electron chi connectivity index (χ4n) is 2.09. The molecule has 1 aliphatic rings. The number of rotatable bonds is 3. The minimum Gasteiger partial charge on any atom is -0.493 e. The summed E-state index contributed by atoms with van der Waals surface area (Å²) in [5.74, 6) is 1.79. The lowest BCUT2D eigenvalue weighted by Gasteiger charge is -2.10. The van der Waals surface area contributed by atoms with Gasteiger partial charge in [0, 0.05) is 29.1 Å². The quantitative estimate of drug-likeness (QED) is 0.822. The maximum absolute atomic E-state index is 5.69. The first-order valence-corrected chi connectivity index (χ1v) is 7.46. The fourth-order valence-corrected chi connectivity index (χ4v) is 2.95. The molecule has 6 heteroatoms. The molecule has 1 N–H and O–H groups in total. The highest BCUT2D eigenvalue weighted by Crippen LogP contribution is 2.33. The van der Waals surface area contributed by atoms with Crippen LogP contribution in [0, 0.1) is 0 Å². The van der Waals surface area contributed by atoms with Crippen molar-refractivity contribution in [3.8, 4) is 5.75 Å². The third kappa shape index (κ3) is 2.90. The highest BCUT2D eigenvalue weighted by molar-refractivity contribution is 9.10. The van der Waals surface area contributed by atoms with Crippen molar-refractivity contribution in [3.63, 3.8) is 0 Å². The van der Waals surface area contributed by atoms with E-state index in [1.165, 1.54) is 11.9 Å². The smallest absolute Gasteiger partial charge is 0.130 e. The van der Waals surface area contributed by atoms with Gasteiger partial charge >= 0.3 is 0 Å². The molecule has 0 saturated heterocycles. The van der Waals surface area contributed by atoms with Crippen LogP contribution in [-0.4, -0.2) is 16.6 Å².